The molecule has 2 unspecified atom stereocenters. The number of ketones is 4. The summed E-state index contributed by atoms with van der Waals surface area (Å²) < 4.78 is 6.25. The van der Waals surface area contributed by atoms with Gasteiger partial charge in [-0.1, -0.05) is 60.1 Å². The number of aliphatic hydroxyl groups is 3. The lowest BCUT2D eigenvalue weighted by atomic mass is 9.85. The Morgan fingerprint density at radius 2 is 1.47 bits per heavy atom. The zero-order valence-electron chi connectivity index (χ0n) is 53.9. The Morgan fingerprint density at radius 1 is 0.800 bits per heavy atom. The van der Waals surface area contributed by atoms with Crippen molar-refractivity contribution in [2.24, 2.45) is 41.2 Å². The molecule has 95 heavy (non-hydrogen) atoms. The number of anilines is 1. The summed E-state index contributed by atoms with van der Waals surface area (Å²) in [5.74, 6) is -15.3. The van der Waals surface area contributed by atoms with Gasteiger partial charge in [-0.25, -0.2) is 0 Å². The molecule has 4 aliphatic heterocycles. The van der Waals surface area contributed by atoms with Gasteiger partial charge in [0.25, 0.3) is 11.8 Å². The minimum atomic E-state index is -1.60. The molecule has 12 atom stereocenters. The number of imide groups is 1. The van der Waals surface area contributed by atoms with Gasteiger partial charge in [0.05, 0.1) is 73.2 Å². The Balaban J connectivity index is 1.18. The molecule has 5 heterocycles. The fourth-order valence-corrected chi connectivity index (χ4v) is 12.9. The van der Waals surface area contributed by atoms with Crippen LogP contribution in [-0.4, -0.2) is 200 Å². The molecule has 2 aromatic carbocycles. The number of primary amides is 1. The van der Waals surface area contributed by atoms with Crippen LogP contribution in [0.1, 0.15) is 97.6 Å². The molecule has 1 saturated heterocycles. The first-order valence-corrected chi connectivity index (χ1v) is 32.7. The second-order valence-electron chi connectivity index (χ2n) is 25.2. The van der Waals surface area contributed by atoms with Gasteiger partial charge < -0.3 is 68.0 Å². The molecule has 13 N–H and O–H groups in total. The Labute approximate surface area is 552 Å². The maximum atomic E-state index is 14.9. The lowest BCUT2D eigenvalue weighted by Crippen LogP contribution is -2.55. The van der Waals surface area contributed by atoms with Crippen LogP contribution in [0.2, 0.25) is 0 Å². The Morgan fingerprint density at radius 3 is 2.13 bits per heavy atom. The zero-order valence-corrected chi connectivity index (χ0v) is 54.7. The molecule has 514 valence electrons. The van der Waals surface area contributed by atoms with Crippen LogP contribution in [0.5, 0.6) is 5.75 Å². The van der Waals surface area contributed by atoms with Gasteiger partial charge in [0.2, 0.25) is 47.3 Å². The number of aliphatic hydroxyl groups excluding tert-OH is 3. The molecule has 4 aliphatic rings. The number of benzene rings is 2. The maximum Gasteiger partial charge on any atom is 0.253 e. The van der Waals surface area contributed by atoms with Crippen molar-refractivity contribution in [2.75, 3.05) is 50.4 Å². The molecule has 10 amide bonds. The van der Waals surface area contributed by atoms with E-state index in [1.165, 1.54) is 11.8 Å². The molecule has 0 spiro atoms. The average Bonchev–Trinajstić information content (AvgIpc) is 1.66. The van der Waals surface area contributed by atoms with Gasteiger partial charge in [-0.3, -0.25) is 76.9 Å². The van der Waals surface area contributed by atoms with Gasteiger partial charge in [-0.05, 0) is 60.1 Å². The van der Waals surface area contributed by atoms with Crippen molar-refractivity contribution in [3.05, 3.63) is 65.7 Å². The van der Waals surface area contributed by atoms with E-state index in [4.69, 9.17) is 10.5 Å². The van der Waals surface area contributed by atoms with Crippen molar-refractivity contribution >= 4 is 111 Å². The Hall–Kier alpha value is -8.71. The highest BCUT2D eigenvalue weighted by Crippen LogP contribution is 2.36. The Bertz CT molecular complexity index is 3450. The molecule has 3 aromatic rings. The second-order valence-corrected chi connectivity index (χ2v) is 26.2. The molecular weight excluding hydrogens is 1250 g/mol. The number of carbonyl (C=O) groups is 14. The quantitative estimate of drug-likeness (QED) is 0.0613. The molecule has 30 heteroatoms. The fraction of sp³-hybridized carbons (Fsp3) is 0.538. The van der Waals surface area contributed by atoms with E-state index in [0.717, 1.165) is 28.8 Å². The molecule has 2 bridgehead atoms. The van der Waals surface area contributed by atoms with E-state index in [1.807, 2.05) is 0 Å². The summed E-state index contributed by atoms with van der Waals surface area (Å²) in [5, 5.41) is 51.3. The van der Waals surface area contributed by atoms with Crippen molar-refractivity contribution in [3.8, 4) is 5.75 Å². The highest BCUT2D eigenvalue weighted by Gasteiger charge is 2.43. The van der Waals surface area contributed by atoms with Crippen molar-refractivity contribution in [2.45, 2.75) is 147 Å². The first kappa shape index (κ1) is 73.7. The van der Waals surface area contributed by atoms with Crippen molar-refractivity contribution in [1.29, 1.82) is 0 Å². The molecule has 1 aromatic heterocycles. The summed E-state index contributed by atoms with van der Waals surface area (Å²) >= 11 is 1.01. The smallest absolute Gasteiger partial charge is 0.253 e. The number of hydrogen-bond acceptors (Lipinski definition) is 20. The number of nitrogens with two attached hydrogens (primary N) is 1. The number of H-pyrrole nitrogens is 1. The summed E-state index contributed by atoms with van der Waals surface area (Å²) in [5.41, 5.74) is 7.53. The molecule has 0 saturated carbocycles. The largest absolute Gasteiger partial charge is 0.489 e. The number of thioether (sulfide) groups is 1. The van der Waals surface area contributed by atoms with Crippen molar-refractivity contribution in [1.82, 2.24) is 46.7 Å². The highest BCUT2D eigenvalue weighted by molar-refractivity contribution is 7.99. The van der Waals surface area contributed by atoms with E-state index in [1.54, 1.807) is 77.1 Å². The summed E-state index contributed by atoms with van der Waals surface area (Å²) in [6.07, 6.45) is -3.01. The molecule has 1 fully saturated rings. The molecule has 7 rings (SSSR count). The molecule has 0 radical (unpaired) electrons. The number of amides is 10. The van der Waals surface area contributed by atoms with Gasteiger partial charge in [0.1, 0.15) is 18.4 Å². The van der Waals surface area contributed by atoms with Crippen LogP contribution >= 0.6 is 11.8 Å². The topological polar surface area (TPSA) is 441 Å². The van der Waals surface area contributed by atoms with Gasteiger partial charge in [0.15, 0.2) is 23.1 Å². The zero-order chi connectivity index (χ0) is 69.5. The third-order valence-electron chi connectivity index (χ3n) is 17.6. The van der Waals surface area contributed by atoms with Crippen LogP contribution in [0.4, 0.5) is 5.69 Å². The van der Waals surface area contributed by atoms with E-state index in [9.17, 15) is 82.4 Å². The van der Waals surface area contributed by atoms with E-state index < -0.39 is 194 Å². The average molecular weight is 1340 g/mol. The highest BCUT2D eigenvalue weighted by atomic mass is 32.2. The summed E-state index contributed by atoms with van der Waals surface area (Å²) in [6, 6.07) is 5.19. The number of hydrogen-bond donors (Lipinski definition) is 12. The second kappa shape index (κ2) is 33.6. The SMILES string of the molecule is CC[C@H](C)[C@@H]1NC(=O)CNC(=O)[C@H]2CC(=O)[C@H]([C@@H](C)[C@@H](O)CO)NC(=O)[C@@H]3CC(O)CN3CC(=O)[C@H](CC(N)=O)CC(=O)C(CSc3[nH]c4cc(OCc5ccc(NC(=O)[C@H](C)CC(=O)[C@@H](NC(=O)CCN6C(=O)C=CC6=O)C(C)C)cc5)ccc4c3C2)NC(=O)CNC1=O. The van der Waals surface area contributed by atoms with Gasteiger partial charge in [-0.2, -0.15) is 0 Å². The minimum absolute atomic E-state index is 0.00333. The predicted octanol–water partition coefficient (Wildman–Crippen LogP) is -0.849. The number of nitrogens with zero attached hydrogens (tertiary/aromatic N) is 2. The first-order valence-electron chi connectivity index (χ1n) is 31.7. The molecular formula is C65H85N11O18S. The van der Waals surface area contributed by atoms with E-state index >= 15 is 0 Å². The van der Waals surface area contributed by atoms with E-state index in [0.29, 0.717) is 44.9 Å². The van der Waals surface area contributed by atoms with Crippen molar-refractivity contribution < 1.29 is 87.2 Å². The lowest BCUT2D eigenvalue weighted by Gasteiger charge is -2.31. The number of aromatic amines is 1. The van der Waals surface area contributed by atoms with Gasteiger partial charge >= 0.3 is 0 Å². The predicted molar refractivity (Wildman–Crippen MR) is 343 cm³/mol. The number of nitrogens with one attached hydrogen (secondary N) is 8. The first-order chi connectivity index (χ1) is 45.0. The number of Topliss-reactive ketones (excluding diaryl/α,β-unsaturated/α-hetero) is 4. The fourth-order valence-electron chi connectivity index (χ4n) is 11.7. The van der Waals surface area contributed by atoms with Crippen LogP contribution in [0.3, 0.4) is 0 Å². The van der Waals surface area contributed by atoms with E-state index in [2.05, 4.69) is 42.2 Å². The normalized spacial score (nSPS) is 24.0. The Kier molecular flexibility index (Phi) is 26.1. The number of ether oxygens (including phenoxy) is 1. The monoisotopic (exact) mass is 1340 g/mol. The van der Waals surface area contributed by atoms with Crippen LogP contribution in [-0.2, 0) is 80.2 Å². The number of fused-ring (bicyclic) bond motifs is 5. The summed E-state index contributed by atoms with van der Waals surface area (Å²) in [6.45, 7) is 6.74. The standard InChI is InChI=1S/C65H85N11O18S/c1-7-33(4)59-64(93)68-25-54(86)70-45-31-95-65-43(19-38(62(91)67-26-55(87)73-59)21-49(81)60(35(6)51(83)29-77)74-63(92)46-23-40(78)27-75(46)28-50(82)37(20-47(45)79)22-52(66)84)42-13-12-41(24-44(42)71-65)94-30-36-8-10-39(11-9-36)69-61(90)34(5)18-48(80)58(32(2)3)72-53(85)16-17-76-56(88)14-15-57(76)89/h8-15,24,32-35,37-38,40,45-46,51,58-60,71,77-78,83H,7,16-23,25-31H2,1-6H3,(H2,66,84)(H,67,91)(H,68,93)(H,69,90)(H,70,86)(H,72,85)(H,73,87)(H,74,92)/t33-,34+,35-,37-,38+,40?,45?,46-,51-,58-,59-,60-/m0/s1. The van der Waals surface area contributed by atoms with Gasteiger partial charge in [0, 0.05) is 104 Å². The molecule has 29 nitrogen and oxygen atoms in total. The van der Waals surface area contributed by atoms with Crippen molar-refractivity contribution in [3.63, 3.8) is 0 Å². The number of rotatable bonds is 20. The van der Waals surface area contributed by atoms with Crippen LogP contribution < -0.4 is 47.7 Å². The van der Waals surface area contributed by atoms with Crippen LogP contribution in [0, 0.1) is 35.5 Å². The number of carbonyl (C=O) groups excluding carboxylic acids is 14. The number of aromatic nitrogens is 1. The third kappa shape index (κ3) is 19.9. The lowest BCUT2D eigenvalue weighted by molar-refractivity contribution is -0.138. The summed E-state index contributed by atoms with van der Waals surface area (Å²) in [4.78, 5) is 196. The van der Waals surface area contributed by atoms with Crippen LogP contribution in [0.15, 0.2) is 59.6 Å². The maximum absolute atomic E-state index is 14.9. The minimum Gasteiger partial charge on any atom is -0.489 e. The third-order valence-corrected chi connectivity index (χ3v) is 18.8. The van der Waals surface area contributed by atoms with Gasteiger partial charge in [-0.15, -0.1) is 11.8 Å². The molecule has 0 aliphatic carbocycles. The van der Waals surface area contributed by atoms with E-state index in [-0.39, 0.29) is 62.8 Å². The summed E-state index contributed by atoms with van der Waals surface area (Å²) in [7, 11) is 0. The van der Waals surface area contributed by atoms with Crippen LogP contribution in [0.25, 0.3) is 10.9 Å².